The van der Waals surface area contributed by atoms with E-state index in [9.17, 15) is 5.11 Å². The smallest absolute Gasteiger partial charge is 0.0647 e. The second kappa shape index (κ2) is 5.07. The third-order valence-electron chi connectivity index (χ3n) is 3.71. The fourth-order valence-electron chi connectivity index (χ4n) is 2.46. The monoisotopic (exact) mass is 234 g/mol. The number of hydrogen-bond acceptors (Lipinski definition) is 3. The zero-order chi connectivity index (χ0) is 12.4. The van der Waals surface area contributed by atoms with E-state index in [0.29, 0.717) is 6.04 Å². The summed E-state index contributed by atoms with van der Waals surface area (Å²) < 4.78 is 0. The Morgan fingerprint density at radius 1 is 1.41 bits per heavy atom. The lowest BCUT2D eigenvalue weighted by molar-refractivity contribution is 0.237. The molecule has 0 radical (unpaired) electrons. The molecular formula is C14H22N2O. The van der Waals surface area contributed by atoms with Gasteiger partial charge < -0.3 is 15.3 Å². The Morgan fingerprint density at radius 2 is 2.18 bits per heavy atom. The molecule has 0 aromatic heterocycles. The number of aliphatic hydroxyl groups excluding tert-OH is 1. The number of nitrogens with zero attached hydrogens (tertiary/aromatic N) is 1. The first-order valence-corrected chi connectivity index (χ1v) is 6.30. The van der Waals surface area contributed by atoms with Crippen LogP contribution < -0.4 is 10.2 Å². The lowest BCUT2D eigenvalue weighted by atomic mass is 10.0. The van der Waals surface area contributed by atoms with Gasteiger partial charge in [-0.3, -0.25) is 0 Å². The van der Waals surface area contributed by atoms with Crippen molar-refractivity contribution in [3.8, 4) is 0 Å². The van der Waals surface area contributed by atoms with Gasteiger partial charge in [0.25, 0.3) is 0 Å². The molecule has 1 fully saturated rings. The van der Waals surface area contributed by atoms with Crippen LogP contribution >= 0.6 is 0 Å². The van der Waals surface area contributed by atoms with Gasteiger partial charge in [0.2, 0.25) is 0 Å². The van der Waals surface area contributed by atoms with Crippen molar-refractivity contribution in [2.24, 2.45) is 0 Å². The minimum atomic E-state index is 0.187. The van der Waals surface area contributed by atoms with Gasteiger partial charge in [-0.25, -0.2) is 0 Å². The van der Waals surface area contributed by atoms with Gasteiger partial charge in [0.1, 0.15) is 0 Å². The molecule has 1 heterocycles. The fourth-order valence-corrected chi connectivity index (χ4v) is 2.46. The summed E-state index contributed by atoms with van der Waals surface area (Å²) in [6.07, 6.45) is 0. The van der Waals surface area contributed by atoms with Crippen LogP contribution in [0.5, 0.6) is 0 Å². The van der Waals surface area contributed by atoms with Crippen molar-refractivity contribution in [3.63, 3.8) is 0 Å². The number of aryl methyl sites for hydroxylation is 1. The van der Waals surface area contributed by atoms with Gasteiger partial charge in [0, 0.05) is 24.8 Å². The molecule has 3 heteroatoms. The highest BCUT2D eigenvalue weighted by Crippen LogP contribution is 2.26. The molecule has 1 aromatic rings. The van der Waals surface area contributed by atoms with Gasteiger partial charge in [-0.2, -0.15) is 0 Å². The van der Waals surface area contributed by atoms with Gasteiger partial charge in [0.05, 0.1) is 12.6 Å². The van der Waals surface area contributed by atoms with Crippen molar-refractivity contribution in [2.75, 3.05) is 24.6 Å². The number of aliphatic hydroxyl groups is 1. The van der Waals surface area contributed by atoms with Crippen LogP contribution in [-0.4, -0.2) is 36.9 Å². The molecule has 3 nitrogen and oxygen atoms in total. The number of benzene rings is 1. The average molecular weight is 234 g/mol. The molecule has 94 valence electrons. The predicted octanol–water partition coefficient (Wildman–Crippen LogP) is 1.46. The molecule has 2 rings (SSSR count). The minimum absolute atomic E-state index is 0.187. The summed E-state index contributed by atoms with van der Waals surface area (Å²) in [5.74, 6) is 0. The Morgan fingerprint density at radius 3 is 2.88 bits per heavy atom. The maximum Gasteiger partial charge on any atom is 0.0647 e. The molecule has 0 bridgehead atoms. The Balaban J connectivity index is 2.32. The van der Waals surface area contributed by atoms with E-state index < -0.39 is 0 Å². The Kier molecular flexibility index (Phi) is 3.69. The molecule has 1 aliphatic heterocycles. The maximum absolute atomic E-state index is 9.49. The minimum Gasteiger partial charge on any atom is -0.394 e. The molecule has 0 amide bonds. The van der Waals surface area contributed by atoms with Crippen molar-refractivity contribution in [2.45, 2.75) is 32.9 Å². The predicted molar refractivity (Wildman–Crippen MR) is 71.6 cm³/mol. The number of hydrogen-bond donors (Lipinski definition) is 2. The number of anilines is 1. The van der Waals surface area contributed by atoms with Gasteiger partial charge in [-0.1, -0.05) is 12.1 Å². The molecule has 0 aliphatic carbocycles. The van der Waals surface area contributed by atoms with Crippen molar-refractivity contribution in [1.82, 2.24) is 5.32 Å². The molecule has 2 unspecified atom stereocenters. The molecule has 1 aliphatic rings. The fraction of sp³-hybridized carbons (Fsp3) is 0.571. The Hall–Kier alpha value is -1.06. The molecule has 0 saturated carbocycles. The topological polar surface area (TPSA) is 35.5 Å². The van der Waals surface area contributed by atoms with E-state index in [4.69, 9.17) is 0 Å². The highest BCUT2D eigenvalue weighted by Gasteiger charge is 2.26. The van der Waals surface area contributed by atoms with E-state index >= 15 is 0 Å². The summed E-state index contributed by atoms with van der Waals surface area (Å²) in [5, 5.41) is 12.9. The molecule has 2 N–H and O–H groups in total. The van der Waals surface area contributed by atoms with E-state index in [1.807, 2.05) is 0 Å². The molecule has 0 spiro atoms. The average Bonchev–Trinajstić information content (AvgIpc) is 2.33. The third kappa shape index (κ3) is 2.45. The SMILES string of the molecule is Cc1cccc(N2CC(C)NCC2CO)c1C. The first-order valence-electron chi connectivity index (χ1n) is 6.30. The third-order valence-corrected chi connectivity index (χ3v) is 3.71. The molecular weight excluding hydrogens is 212 g/mol. The molecule has 1 aromatic carbocycles. The second-order valence-corrected chi connectivity index (χ2v) is 5.02. The van der Waals surface area contributed by atoms with Gasteiger partial charge in [-0.15, -0.1) is 0 Å². The Bertz CT molecular complexity index is 392. The molecule has 1 saturated heterocycles. The van der Waals surface area contributed by atoms with Crippen molar-refractivity contribution in [3.05, 3.63) is 29.3 Å². The molecule has 2 atom stereocenters. The first kappa shape index (κ1) is 12.4. The van der Waals surface area contributed by atoms with Gasteiger partial charge >= 0.3 is 0 Å². The summed E-state index contributed by atoms with van der Waals surface area (Å²) in [6.45, 7) is 8.49. The summed E-state index contributed by atoms with van der Waals surface area (Å²) >= 11 is 0. The summed E-state index contributed by atoms with van der Waals surface area (Å²) in [5.41, 5.74) is 3.89. The molecule has 17 heavy (non-hydrogen) atoms. The number of piperazine rings is 1. The van der Waals surface area contributed by atoms with Crippen LogP contribution in [-0.2, 0) is 0 Å². The van der Waals surface area contributed by atoms with Crippen LogP contribution in [0.15, 0.2) is 18.2 Å². The largest absolute Gasteiger partial charge is 0.394 e. The zero-order valence-corrected chi connectivity index (χ0v) is 10.9. The normalized spacial score (nSPS) is 25.1. The zero-order valence-electron chi connectivity index (χ0n) is 10.9. The first-order chi connectivity index (χ1) is 8.13. The summed E-state index contributed by atoms with van der Waals surface area (Å²) in [6, 6.07) is 7.05. The van der Waals surface area contributed by atoms with E-state index in [2.05, 4.69) is 49.2 Å². The summed E-state index contributed by atoms with van der Waals surface area (Å²) in [4.78, 5) is 2.34. The van der Waals surface area contributed by atoms with Crippen LogP contribution in [0.4, 0.5) is 5.69 Å². The second-order valence-electron chi connectivity index (χ2n) is 5.02. The van der Waals surface area contributed by atoms with E-state index in [1.165, 1.54) is 16.8 Å². The Labute approximate surface area is 103 Å². The highest BCUT2D eigenvalue weighted by molar-refractivity contribution is 5.57. The van der Waals surface area contributed by atoms with E-state index in [-0.39, 0.29) is 12.6 Å². The lowest BCUT2D eigenvalue weighted by Crippen LogP contribution is -2.57. The van der Waals surface area contributed by atoms with Gasteiger partial charge in [-0.05, 0) is 38.0 Å². The van der Waals surface area contributed by atoms with Crippen LogP contribution in [0.2, 0.25) is 0 Å². The highest BCUT2D eigenvalue weighted by atomic mass is 16.3. The maximum atomic E-state index is 9.49. The number of nitrogens with one attached hydrogen (secondary N) is 1. The van der Waals surface area contributed by atoms with Crippen LogP contribution in [0.1, 0.15) is 18.1 Å². The van der Waals surface area contributed by atoms with Crippen molar-refractivity contribution >= 4 is 5.69 Å². The lowest BCUT2D eigenvalue weighted by Gasteiger charge is -2.41. The van der Waals surface area contributed by atoms with Crippen molar-refractivity contribution in [1.29, 1.82) is 0 Å². The standard InChI is InChI=1S/C14H22N2O/c1-10-5-4-6-14(12(10)3)16-8-11(2)15-7-13(16)9-17/h4-6,11,13,15,17H,7-9H2,1-3H3. The van der Waals surface area contributed by atoms with Crippen LogP contribution in [0.25, 0.3) is 0 Å². The van der Waals surface area contributed by atoms with E-state index in [1.54, 1.807) is 0 Å². The van der Waals surface area contributed by atoms with Gasteiger partial charge in [0.15, 0.2) is 0 Å². The van der Waals surface area contributed by atoms with Crippen molar-refractivity contribution < 1.29 is 5.11 Å². The van der Waals surface area contributed by atoms with E-state index in [0.717, 1.165) is 13.1 Å². The summed E-state index contributed by atoms with van der Waals surface area (Å²) in [7, 11) is 0. The van der Waals surface area contributed by atoms with Crippen LogP contribution in [0, 0.1) is 13.8 Å². The number of rotatable bonds is 2. The van der Waals surface area contributed by atoms with Crippen LogP contribution in [0.3, 0.4) is 0 Å². The quantitative estimate of drug-likeness (QED) is 0.813.